The standard InChI is InChI=1S/C20H37N5O3.HI/c1-20(2,3)28-19(26)25(16-5-6-16)10-8-22-18(21-4)24-9-7-17(15-24)23-11-13-27-14-12-23;/h16-17H,5-15H2,1-4H3,(H,21,22);1H. The predicted octanol–water partition coefficient (Wildman–Crippen LogP) is 1.99. The van der Waals surface area contributed by atoms with Crippen molar-refractivity contribution in [3.8, 4) is 0 Å². The van der Waals surface area contributed by atoms with E-state index >= 15 is 0 Å². The van der Waals surface area contributed by atoms with Gasteiger partial charge in [-0.2, -0.15) is 0 Å². The Labute approximate surface area is 192 Å². The summed E-state index contributed by atoms with van der Waals surface area (Å²) in [7, 11) is 1.83. The molecule has 1 saturated carbocycles. The molecule has 29 heavy (non-hydrogen) atoms. The van der Waals surface area contributed by atoms with Crippen LogP contribution in [0.5, 0.6) is 0 Å². The molecule has 9 heteroatoms. The summed E-state index contributed by atoms with van der Waals surface area (Å²) in [6.07, 6.45) is 3.09. The van der Waals surface area contributed by atoms with E-state index in [-0.39, 0.29) is 30.1 Å². The third-order valence-electron chi connectivity index (χ3n) is 5.49. The van der Waals surface area contributed by atoms with E-state index in [4.69, 9.17) is 9.47 Å². The molecule has 1 N–H and O–H groups in total. The van der Waals surface area contributed by atoms with Gasteiger partial charge in [-0.25, -0.2) is 4.79 Å². The van der Waals surface area contributed by atoms with Crippen LogP contribution in [0, 0.1) is 0 Å². The second-order valence-corrected chi connectivity index (χ2v) is 8.92. The van der Waals surface area contributed by atoms with Gasteiger partial charge in [0, 0.05) is 58.4 Å². The van der Waals surface area contributed by atoms with Crippen LogP contribution in [-0.4, -0.2) is 104 Å². The third kappa shape index (κ3) is 7.43. The van der Waals surface area contributed by atoms with Crippen molar-refractivity contribution in [2.24, 2.45) is 4.99 Å². The van der Waals surface area contributed by atoms with Crippen LogP contribution in [0.3, 0.4) is 0 Å². The summed E-state index contributed by atoms with van der Waals surface area (Å²) in [6.45, 7) is 12.8. The van der Waals surface area contributed by atoms with Crippen LogP contribution in [0.25, 0.3) is 0 Å². The Morgan fingerprint density at radius 2 is 1.90 bits per heavy atom. The molecule has 1 atom stereocenters. The Kier molecular flexibility index (Phi) is 9.27. The van der Waals surface area contributed by atoms with Crippen molar-refractivity contribution in [2.45, 2.75) is 57.7 Å². The van der Waals surface area contributed by atoms with Gasteiger partial charge in [-0.1, -0.05) is 0 Å². The molecule has 0 aromatic carbocycles. The Hall–Kier alpha value is -0.810. The fraction of sp³-hybridized carbons (Fsp3) is 0.900. The van der Waals surface area contributed by atoms with E-state index in [0.29, 0.717) is 25.2 Å². The molecule has 2 saturated heterocycles. The molecular formula is C20H38IN5O3. The Morgan fingerprint density at radius 3 is 2.48 bits per heavy atom. The van der Waals surface area contributed by atoms with Gasteiger partial charge in [0.05, 0.1) is 13.2 Å². The second kappa shape index (κ2) is 11.0. The van der Waals surface area contributed by atoms with Gasteiger partial charge < -0.3 is 24.6 Å². The van der Waals surface area contributed by atoms with Gasteiger partial charge in [-0.3, -0.25) is 9.89 Å². The molecule has 2 heterocycles. The summed E-state index contributed by atoms with van der Waals surface area (Å²) in [6, 6.07) is 0.906. The lowest BCUT2D eigenvalue weighted by atomic mass is 10.2. The van der Waals surface area contributed by atoms with E-state index in [1.807, 2.05) is 32.7 Å². The van der Waals surface area contributed by atoms with Crippen molar-refractivity contribution in [3.05, 3.63) is 0 Å². The first-order chi connectivity index (χ1) is 13.4. The molecule has 0 radical (unpaired) electrons. The highest BCUT2D eigenvalue weighted by Gasteiger charge is 2.35. The number of halogens is 1. The number of carbonyl (C=O) groups excluding carboxylic acids is 1. The average Bonchev–Trinajstić information content (AvgIpc) is 3.37. The number of carbonyl (C=O) groups is 1. The van der Waals surface area contributed by atoms with Crippen LogP contribution >= 0.6 is 24.0 Å². The van der Waals surface area contributed by atoms with Crippen LogP contribution in [0.2, 0.25) is 0 Å². The van der Waals surface area contributed by atoms with Crippen molar-refractivity contribution >= 4 is 36.0 Å². The third-order valence-corrected chi connectivity index (χ3v) is 5.49. The van der Waals surface area contributed by atoms with Crippen molar-refractivity contribution in [1.29, 1.82) is 0 Å². The smallest absolute Gasteiger partial charge is 0.410 e. The Balaban J connectivity index is 0.00000300. The molecule has 3 aliphatic rings. The van der Waals surface area contributed by atoms with Crippen LogP contribution in [-0.2, 0) is 9.47 Å². The molecule has 3 rings (SSSR count). The Bertz CT molecular complexity index is 559. The van der Waals surface area contributed by atoms with Crippen LogP contribution in [0.4, 0.5) is 4.79 Å². The molecule has 3 fully saturated rings. The van der Waals surface area contributed by atoms with Crippen molar-refractivity contribution < 1.29 is 14.3 Å². The monoisotopic (exact) mass is 523 g/mol. The van der Waals surface area contributed by atoms with E-state index in [2.05, 4.69) is 20.1 Å². The maximum Gasteiger partial charge on any atom is 0.410 e. The molecule has 0 bridgehead atoms. The molecule has 2 aliphatic heterocycles. The molecular weight excluding hydrogens is 485 g/mol. The van der Waals surface area contributed by atoms with Crippen LogP contribution in [0.15, 0.2) is 4.99 Å². The minimum Gasteiger partial charge on any atom is -0.444 e. The predicted molar refractivity (Wildman–Crippen MR) is 125 cm³/mol. The zero-order chi connectivity index (χ0) is 20.1. The molecule has 168 valence electrons. The van der Waals surface area contributed by atoms with Crippen LogP contribution in [0.1, 0.15) is 40.0 Å². The first-order valence-electron chi connectivity index (χ1n) is 10.6. The Morgan fingerprint density at radius 1 is 1.21 bits per heavy atom. The number of amides is 1. The summed E-state index contributed by atoms with van der Waals surface area (Å²) < 4.78 is 11.0. The summed E-state index contributed by atoms with van der Waals surface area (Å²) in [4.78, 5) is 23.7. The quantitative estimate of drug-likeness (QED) is 0.338. The molecule has 8 nitrogen and oxygen atoms in total. The number of morpholine rings is 1. The van der Waals surface area contributed by atoms with E-state index < -0.39 is 5.60 Å². The molecule has 1 unspecified atom stereocenters. The van der Waals surface area contributed by atoms with E-state index in [0.717, 1.165) is 64.6 Å². The van der Waals surface area contributed by atoms with Crippen molar-refractivity contribution in [2.75, 3.05) is 59.5 Å². The van der Waals surface area contributed by atoms with Crippen molar-refractivity contribution in [1.82, 2.24) is 20.0 Å². The highest BCUT2D eigenvalue weighted by atomic mass is 127. The number of nitrogens with one attached hydrogen (secondary N) is 1. The van der Waals surface area contributed by atoms with E-state index in [1.54, 1.807) is 0 Å². The normalized spacial score (nSPS) is 23.5. The number of guanidine groups is 1. The number of rotatable bonds is 5. The lowest BCUT2D eigenvalue weighted by molar-refractivity contribution is 0.0194. The van der Waals surface area contributed by atoms with Gasteiger partial charge in [0.2, 0.25) is 0 Å². The zero-order valence-corrected chi connectivity index (χ0v) is 20.7. The number of hydrogen-bond donors (Lipinski definition) is 1. The first-order valence-corrected chi connectivity index (χ1v) is 10.6. The number of hydrogen-bond acceptors (Lipinski definition) is 5. The molecule has 0 aromatic rings. The zero-order valence-electron chi connectivity index (χ0n) is 18.4. The van der Waals surface area contributed by atoms with Gasteiger partial charge in [-0.05, 0) is 40.0 Å². The fourth-order valence-corrected chi connectivity index (χ4v) is 3.93. The van der Waals surface area contributed by atoms with E-state index in [9.17, 15) is 4.79 Å². The maximum atomic E-state index is 12.5. The lowest BCUT2D eigenvalue weighted by Gasteiger charge is -2.32. The van der Waals surface area contributed by atoms with Gasteiger partial charge in [0.15, 0.2) is 5.96 Å². The average molecular weight is 523 g/mol. The summed E-state index contributed by atoms with van der Waals surface area (Å²) in [5.74, 6) is 0.927. The molecule has 1 amide bonds. The van der Waals surface area contributed by atoms with Gasteiger partial charge in [-0.15, -0.1) is 24.0 Å². The number of aliphatic imine (C=N–C) groups is 1. The number of likely N-dealkylation sites (tertiary alicyclic amines) is 1. The maximum absolute atomic E-state index is 12.5. The van der Waals surface area contributed by atoms with Crippen LogP contribution < -0.4 is 5.32 Å². The minimum atomic E-state index is -0.461. The number of nitrogens with zero attached hydrogens (tertiary/aromatic N) is 4. The number of ether oxygens (including phenoxy) is 2. The fourth-order valence-electron chi connectivity index (χ4n) is 3.93. The summed E-state index contributed by atoms with van der Waals surface area (Å²) in [5.41, 5.74) is -0.461. The van der Waals surface area contributed by atoms with Crippen molar-refractivity contribution in [3.63, 3.8) is 0 Å². The van der Waals surface area contributed by atoms with Gasteiger partial charge >= 0.3 is 6.09 Å². The van der Waals surface area contributed by atoms with E-state index in [1.165, 1.54) is 0 Å². The van der Waals surface area contributed by atoms with Gasteiger partial charge in [0.1, 0.15) is 5.60 Å². The first kappa shape index (κ1) is 24.5. The highest BCUT2D eigenvalue weighted by molar-refractivity contribution is 14.0. The highest BCUT2D eigenvalue weighted by Crippen LogP contribution is 2.28. The minimum absolute atomic E-state index is 0. The second-order valence-electron chi connectivity index (χ2n) is 8.92. The SMILES string of the molecule is CN=C(NCCN(C(=O)OC(C)(C)C)C1CC1)N1CCC(N2CCOCC2)C1.I. The molecule has 0 aromatic heterocycles. The lowest BCUT2D eigenvalue weighted by Crippen LogP contribution is -2.48. The van der Waals surface area contributed by atoms with Gasteiger partial charge in [0.25, 0.3) is 0 Å². The summed E-state index contributed by atoms with van der Waals surface area (Å²) in [5, 5.41) is 3.45. The summed E-state index contributed by atoms with van der Waals surface area (Å²) >= 11 is 0. The molecule has 0 spiro atoms. The molecule has 1 aliphatic carbocycles. The largest absolute Gasteiger partial charge is 0.444 e. The topological polar surface area (TPSA) is 69.6 Å².